The van der Waals surface area contributed by atoms with E-state index in [0.29, 0.717) is 5.06 Å². The van der Waals surface area contributed by atoms with E-state index < -0.39 is 0 Å². The second-order valence-corrected chi connectivity index (χ2v) is 4.20. The van der Waals surface area contributed by atoms with Crippen molar-refractivity contribution in [1.82, 2.24) is 5.06 Å². The molecule has 0 saturated carbocycles. The third-order valence-corrected chi connectivity index (χ3v) is 2.94. The van der Waals surface area contributed by atoms with Gasteiger partial charge in [0.1, 0.15) is 10.5 Å². The van der Waals surface area contributed by atoms with Gasteiger partial charge >= 0.3 is 5.97 Å². The average Bonchev–Trinajstić information content (AvgIpc) is 2.16. The molecule has 0 saturated heterocycles. The van der Waals surface area contributed by atoms with Crippen LogP contribution in [0.5, 0.6) is 0 Å². The first-order chi connectivity index (χ1) is 6.61. The van der Waals surface area contributed by atoms with E-state index in [0.717, 1.165) is 6.42 Å². The van der Waals surface area contributed by atoms with Crippen molar-refractivity contribution in [3.8, 4) is 0 Å². The largest absolute Gasteiger partial charge is 0.463 e. The molecule has 0 aliphatic heterocycles. The highest BCUT2D eigenvalue weighted by atomic mass is 127. The number of esters is 1. The van der Waals surface area contributed by atoms with E-state index >= 15 is 0 Å². The Hall–Kier alpha value is 0.0800. The highest BCUT2D eigenvalue weighted by molar-refractivity contribution is 14.1. The Morgan fingerprint density at radius 1 is 1.57 bits per heavy atom. The van der Waals surface area contributed by atoms with Gasteiger partial charge in [-0.3, -0.25) is 4.79 Å². The van der Waals surface area contributed by atoms with E-state index in [1.165, 1.54) is 0 Å². The minimum atomic E-state index is -0.287. The van der Waals surface area contributed by atoms with Gasteiger partial charge in [0.05, 0.1) is 19.7 Å². The Labute approximate surface area is 97.1 Å². The van der Waals surface area contributed by atoms with Crippen LogP contribution in [0.15, 0.2) is 0 Å². The van der Waals surface area contributed by atoms with Crippen LogP contribution in [0.4, 0.5) is 0 Å². The van der Waals surface area contributed by atoms with E-state index in [9.17, 15) is 10.0 Å². The molecule has 0 heterocycles. The molecule has 0 fully saturated rings. The molecule has 1 radical (unpaired) electrons. The summed E-state index contributed by atoms with van der Waals surface area (Å²) in [5.41, 5.74) is 0. The van der Waals surface area contributed by atoms with Gasteiger partial charge in [-0.25, -0.2) is 0 Å². The molecule has 0 spiro atoms. The molecular formula is C8H15INO4. The first kappa shape index (κ1) is 14.1. The van der Waals surface area contributed by atoms with Gasteiger partial charge in [0.2, 0.25) is 0 Å². The number of ether oxygens (including phenoxy) is 1. The summed E-state index contributed by atoms with van der Waals surface area (Å²) < 4.78 is 4.69. The number of aliphatic hydroxyl groups is 1. The van der Waals surface area contributed by atoms with Gasteiger partial charge in [-0.2, -0.15) is 0 Å². The minimum absolute atomic E-state index is 0.0546. The number of hydrogen-bond acceptors (Lipinski definition) is 4. The summed E-state index contributed by atoms with van der Waals surface area (Å²) in [5, 5.41) is 19.9. The van der Waals surface area contributed by atoms with Crippen LogP contribution in [0.1, 0.15) is 13.3 Å². The third-order valence-electron chi connectivity index (χ3n) is 1.55. The van der Waals surface area contributed by atoms with Gasteiger partial charge in [-0.1, -0.05) is 29.5 Å². The van der Waals surface area contributed by atoms with E-state index in [1.54, 1.807) is 0 Å². The van der Waals surface area contributed by atoms with Crippen LogP contribution in [0.3, 0.4) is 0 Å². The number of halogens is 1. The maximum atomic E-state index is 11.1. The lowest BCUT2D eigenvalue weighted by Gasteiger charge is -2.11. The number of carbonyl (C=O) groups is 1. The molecule has 14 heavy (non-hydrogen) atoms. The molecule has 6 heteroatoms. The average molecular weight is 316 g/mol. The number of carbonyl (C=O) groups excluding carboxylic acids is 1. The van der Waals surface area contributed by atoms with Gasteiger partial charge in [0.15, 0.2) is 0 Å². The zero-order chi connectivity index (χ0) is 11.0. The molecule has 0 amide bonds. The normalized spacial score (nSPS) is 12.9. The van der Waals surface area contributed by atoms with Crippen molar-refractivity contribution >= 4 is 28.6 Å². The van der Waals surface area contributed by atoms with Crippen molar-refractivity contribution in [2.75, 3.05) is 26.3 Å². The van der Waals surface area contributed by atoms with E-state index in [-0.39, 0.29) is 36.2 Å². The summed E-state index contributed by atoms with van der Waals surface area (Å²) in [6.45, 7) is 1.96. The standard InChI is InChI=1S/C8H15INO4/c1-2-7(9)8(12)14-6-4-10(13)3-5-11/h7,11H,2-6H2,1H3. The fraction of sp³-hybridized carbons (Fsp3) is 0.875. The van der Waals surface area contributed by atoms with E-state index in [2.05, 4.69) is 0 Å². The number of rotatable bonds is 7. The van der Waals surface area contributed by atoms with Crippen molar-refractivity contribution in [1.29, 1.82) is 0 Å². The maximum absolute atomic E-state index is 11.1. The van der Waals surface area contributed by atoms with E-state index in [4.69, 9.17) is 9.84 Å². The molecule has 1 N–H and O–H groups in total. The predicted octanol–water partition coefficient (Wildman–Crippen LogP) is 0.383. The molecule has 0 bridgehead atoms. The van der Waals surface area contributed by atoms with Crippen LogP contribution in [0.2, 0.25) is 0 Å². The Kier molecular flexibility index (Phi) is 8.44. The van der Waals surface area contributed by atoms with Crippen molar-refractivity contribution in [2.24, 2.45) is 0 Å². The lowest BCUT2D eigenvalue weighted by molar-refractivity contribution is -0.173. The fourth-order valence-corrected chi connectivity index (χ4v) is 0.908. The van der Waals surface area contributed by atoms with Crippen LogP contribution in [-0.2, 0) is 14.7 Å². The fourth-order valence-electron chi connectivity index (χ4n) is 0.728. The summed E-state index contributed by atoms with van der Waals surface area (Å²) in [4.78, 5) is 11.1. The Balaban J connectivity index is 3.48. The molecule has 0 aliphatic rings. The highest BCUT2D eigenvalue weighted by Crippen LogP contribution is 2.06. The Morgan fingerprint density at radius 2 is 2.21 bits per heavy atom. The molecule has 0 aromatic carbocycles. The molecule has 0 rings (SSSR count). The molecule has 0 aliphatic carbocycles. The van der Waals surface area contributed by atoms with Crippen LogP contribution >= 0.6 is 22.6 Å². The maximum Gasteiger partial charge on any atom is 0.318 e. The minimum Gasteiger partial charge on any atom is -0.463 e. The van der Waals surface area contributed by atoms with Crippen molar-refractivity contribution < 1.29 is 19.8 Å². The quantitative estimate of drug-likeness (QED) is 0.319. The lowest BCUT2D eigenvalue weighted by atomic mass is 10.3. The molecule has 1 atom stereocenters. The topological polar surface area (TPSA) is 69.7 Å². The number of aliphatic hydroxyl groups excluding tert-OH is 1. The summed E-state index contributed by atoms with van der Waals surface area (Å²) in [6, 6.07) is 0. The first-order valence-electron chi connectivity index (χ1n) is 4.45. The Morgan fingerprint density at radius 3 is 2.71 bits per heavy atom. The van der Waals surface area contributed by atoms with Crippen molar-refractivity contribution in [2.45, 2.75) is 17.3 Å². The van der Waals surface area contributed by atoms with Crippen LogP contribution in [-0.4, -0.2) is 46.4 Å². The van der Waals surface area contributed by atoms with Gasteiger partial charge in [-0.05, 0) is 6.42 Å². The molecule has 83 valence electrons. The van der Waals surface area contributed by atoms with Crippen LogP contribution in [0, 0.1) is 0 Å². The molecule has 0 aromatic heterocycles. The zero-order valence-electron chi connectivity index (χ0n) is 8.11. The monoisotopic (exact) mass is 316 g/mol. The van der Waals surface area contributed by atoms with Gasteiger partial charge < -0.3 is 9.84 Å². The number of hydrogen-bond donors (Lipinski definition) is 1. The number of hydroxylamine groups is 2. The highest BCUT2D eigenvalue weighted by Gasteiger charge is 2.13. The summed E-state index contributed by atoms with van der Waals surface area (Å²) >= 11 is 2.00. The van der Waals surface area contributed by atoms with Crippen molar-refractivity contribution in [3.05, 3.63) is 0 Å². The van der Waals surface area contributed by atoms with E-state index in [1.807, 2.05) is 29.5 Å². The number of nitrogens with zero attached hydrogens (tertiary/aromatic N) is 1. The smallest absolute Gasteiger partial charge is 0.318 e. The number of alkyl halides is 1. The molecule has 5 nitrogen and oxygen atoms in total. The van der Waals surface area contributed by atoms with Crippen LogP contribution < -0.4 is 0 Å². The first-order valence-corrected chi connectivity index (χ1v) is 5.70. The SMILES string of the molecule is CCC(I)C(=O)OCCN([O])CCO. The molecule has 1 unspecified atom stereocenters. The van der Waals surface area contributed by atoms with Gasteiger partial charge in [0.25, 0.3) is 0 Å². The second kappa shape index (κ2) is 8.39. The predicted molar refractivity (Wildman–Crippen MR) is 58.4 cm³/mol. The molecular weight excluding hydrogens is 301 g/mol. The lowest BCUT2D eigenvalue weighted by Crippen LogP contribution is -2.28. The second-order valence-electron chi connectivity index (χ2n) is 2.70. The summed E-state index contributed by atoms with van der Waals surface area (Å²) in [6.07, 6.45) is 0.719. The van der Waals surface area contributed by atoms with Gasteiger partial charge in [-0.15, -0.1) is 10.3 Å². The zero-order valence-corrected chi connectivity index (χ0v) is 10.3. The Bertz CT molecular complexity index is 167. The summed E-state index contributed by atoms with van der Waals surface area (Å²) in [7, 11) is 0. The third kappa shape index (κ3) is 6.52. The molecule has 0 aromatic rings. The van der Waals surface area contributed by atoms with Gasteiger partial charge in [0, 0.05) is 0 Å². The van der Waals surface area contributed by atoms with Crippen molar-refractivity contribution in [3.63, 3.8) is 0 Å². The van der Waals surface area contributed by atoms with Crippen LogP contribution in [0.25, 0.3) is 0 Å². The summed E-state index contributed by atoms with van der Waals surface area (Å²) in [5.74, 6) is -0.287.